The topological polar surface area (TPSA) is 60.5 Å². The van der Waals surface area contributed by atoms with Gasteiger partial charge in [0, 0.05) is 11.8 Å². The second-order valence-corrected chi connectivity index (χ2v) is 8.05. The first kappa shape index (κ1) is 24.5. The third-order valence-corrected chi connectivity index (χ3v) is 5.61. The number of methoxy groups -OCH3 is 2. The SMILES string of the molecule is CCc1ccnc(C(C)C)c1Nc1c(C(=O)OC)cc(Cl)c(-c2c(F)cccc2OC)c1F. The number of ether oxygens (including phenoxy) is 2. The maximum Gasteiger partial charge on any atom is 0.340 e. The summed E-state index contributed by atoms with van der Waals surface area (Å²) in [5.74, 6) is -2.30. The molecule has 0 atom stereocenters. The molecular formula is C25H25ClF2N2O3. The predicted octanol–water partition coefficient (Wildman–Crippen LogP) is 6.90. The molecule has 0 bridgehead atoms. The minimum absolute atomic E-state index is 0.0158. The van der Waals surface area contributed by atoms with Gasteiger partial charge in [-0.15, -0.1) is 0 Å². The molecule has 0 unspecified atom stereocenters. The first-order valence-corrected chi connectivity index (χ1v) is 10.8. The lowest BCUT2D eigenvalue weighted by Crippen LogP contribution is -2.12. The fourth-order valence-corrected chi connectivity index (χ4v) is 3.97. The van der Waals surface area contributed by atoms with Gasteiger partial charge in [0.1, 0.15) is 11.6 Å². The number of carbonyl (C=O) groups is 1. The Kier molecular flexibility index (Phi) is 7.53. The number of aromatic nitrogens is 1. The lowest BCUT2D eigenvalue weighted by Gasteiger charge is -2.21. The number of hydrogen-bond acceptors (Lipinski definition) is 5. The van der Waals surface area contributed by atoms with Crippen LogP contribution in [0.2, 0.25) is 5.02 Å². The Morgan fingerprint density at radius 3 is 2.48 bits per heavy atom. The number of nitrogens with zero attached hydrogens (tertiary/aromatic N) is 1. The Morgan fingerprint density at radius 2 is 1.88 bits per heavy atom. The number of rotatable bonds is 7. The highest BCUT2D eigenvalue weighted by atomic mass is 35.5. The van der Waals surface area contributed by atoms with Gasteiger partial charge in [0.2, 0.25) is 0 Å². The second kappa shape index (κ2) is 10.2. The number of nitrogens with one attached hydrogen (secondary N) is 1. The van der Waals surface area contributed by atoms with Crippen molar-refractivity contribution in [2.75, 3.05) is 19.5 Å². The van der Waals surface area contributed by atoms with Crippen molar-refractivity contribution in [3.8, 4) is 16.9 Å². The van der Waals surface area contributed by atoms with Crippen LogP contribution in [0.1, 0.15) is 48.3 Å². The maximum absolute atomic E-state index is 16.1. The summed E-state index contributed by atoms with van der Waals surface area (Å²) >= 11 is 6.38. The maximum atomic E-state index is 16.1. The number of esters is 1. The summed E-state index contributed by atoms with van der Waals surface area (Å²) in [6.45, 7) is 5.88. The molecule has 5 nitrogen and oxygen atoms in total. The largest absolute Gasteiger partial charge is 0.496 e. The monoisotopic (exact) mass is 474 g/mol. The minimum atomic E-state index is -0.910. The van der Waals surface area contributed by atoms with E-state index >= 15 is 4.39 Å². The highest BCUT2D eigenvalue weighted by Crippen LogP contribution is 2.44. The average Bonchev–Trinajstić information content (AvgIpc) is 2.80. The van der Waals surface area contributed by atoms with Gasteiger partial charge in [-0.25, -0.2) is 13.6 Å². The first-order chi connectivity index (χ1) is 15.7. The van der Waals surface area contributed by atoms with E-state index in [0.717, 1.165) is 5.56 Å². The molecule has 1 N–H and O–H groups in total. The van der Waals surface area contributed by atoms with Crippen LogP contribution in [0.3, 0.4) is 0 Å². The lowest BCUT2D eigenvalue weighted by molar-refractivity contribution is 0.0601. The van der Waals surface area contributed by atoms with E-state index in [0.29, 0.717) is 17.8 Å². The van der Waals surface area contributed by atoms with Crippen LogP contribution in [-0.2, 0) is 11.2 Å². The molecule has 0 aliphatic carbocycles. The second-order valence-electron chi connectivity index (χ2n) is 7.64. The smallest absolute Gasteiger partial charge is 0.340 e. The molecule has 1 aromatic heterocycles. The third-order valence-electron chi connectivity index (χ3n) is 5.31. The molecule has 8 heteroatoms. The van der Waals surface area contributed by atoms with Crippen molar-refractivity contribution >= 4 is 28.9 Å². The first-order valence-electron chi connectivity index (χ1n) is 10.4. The molecule has 3 aromatic rings. The van der Waals surface area contributed by atoms with Crippen molar-refractivity contribution in [3.05, 3.63) is 70.0 Å². The fourth-order valence-electron chi connectivity index (χ4n) is 3.68. The number of hydrogen-bond donors (Lipinski definition) is 1. The van der Waals surface area contributed by atoms with E-state index in [1.165, 1.54) is 38.5 Å². The standard InChI is InChI=1S/C25H25ClF2N2O3/c1-6-14-10-11-29-22(13(2)3)23(14)30-24-15(25(31)33-5)12-16(26)19(21(24)28)20-17(27)8-7-9-18(20)32-4/h7-13,30H,6H2,1-5H3. The van der Waals surface area contributed by atoms with Crippen molar-refractivity contribution < 1.29 is 23.0 Å². The Labute approximate surface area is 196 Å². The molecule has 2 aromatic carbocycles. The van der Waals surface area contributed by atoms with Gasteiger partial charge in [-0.05, 0) is 42.2 Å². The summed E-state index contributed by atoms with van der Waals surface area (Å²) in [7, 11) is 2.54. The quantitative estimate of drug-likeness (QED) is 0.377. The molecule has 0 radical (unpaired) electrons. The van der Waals surface area contributed by atoms with Crippen molar-refractivity contribution in [2.24, 2.45) is 0 Å². The van der Waals surface area contributed by atoms with Crippen molar-refractivity contribution in [1.82, 2.24) is 4.98 Å². The van der Waals surface area contributed by atoms with Gasteiger partial charge < -0.3 is 14.8 Å². The zero-order chi connectivity index (χ0) is 24.3. The highest BCUT2D eigenvalue weighted by molar-refractivity contribution is 6.34. The van der Waals surface area contributed by atoms with E-state index in [2.05, 4.69) is 10.3 Å². The Hall–Kier alpha value is -3.19. The fraction of sp³-hybridized carbons (Fsp3) is 0.280. The Bertz CT molecular complexity index is 1200. The molecule has 0 aliphatic rings. The Balaban J connectivity index is 2.36. The zero-order valence-electron chi connectivity index (χ0n) is 19.1. The van der Waals surface area contributed by atoms with Crippen LogP contribution in [0.25, 0.3) is 11.1 Å². The van der Waals surface area contributed by atoms with Gasteiger partial charge in [0.05, 0.1) is 47.4 Å². The summed E-state index contributed by atoms with van der Waals surface area (Å²) in [5.41, 5.74) is 1.47. The third kappa shape index (κ3) is 4.64. The van der Waals surface area contributed by atoms with E-state index in [-0.39, 0.29) is 39.1 Å². The van der Waals surface area contributed by atoms with E-state index in [4.69, 9.17) is 21.1 Å². The van der Waals surface area contributed by atoms with Crippen LogP contribution in [0.4, 0.5) is 20.2 Å². The summed E-state index contributed by atoms with van der Waals surface area (Å²) in [6, 6.07) is 7.21. The summed E-state index contributed by atoms with van der Waals surface area (Å²) in [5, 5.41) is 2.90. The lowest BCUT2D eigenvalue weighted by atomic mass is 9.98. The number of pyridine rings is 1. The van der Waals surface area contributed by atoms with Crippen LogP contribution in [0.5, 0.6) is 5.75 Å². The molecule has 1 heterocycles. The molecule has 0 saturated carbocycles. The summed E-state index contributed by atoms with van der Waals surface area (Å²) in [6.07, 6.45) is 2.33. The number of anilines is 2. The van der Waals surface area contributed by atoms with Crippen LogP contribution in [-0.4, -0.2) is 25.2 Å². The number of benzene rings is 2. The molecule has 0 spiro atoms. The zero-order valence-corrected chi connectivity index (χ0v) is 19.8. The van der Waals surface area contributed by atoms with Crippen LogP contribution in [0, 0.1) is 11.6 Å². The van der Waals surface area contributed by atoms with E-state index in [9.17, 15) is 9.18 Å². The van der Waals surface area contributed by atoms with Crippen molar-refractivity contribution in [3.63, 3.8) is 0 Å². The molecular weight excluding hydrogens is 450 g/mol. The number of carbonyl (C=O) groups excluding carboxylic acids is 1. The van der Waals surface area contributed by atoms with E-state index in [1.807, 2.05) is 26.8 Å². The van der Waals surface area contributed by atoms with E-state index in [1.54, 1.807) is 6.20 Å². The van der Waals surface area contributed by atoms with Crippen LogP contribution in [0.15, 0.2) is 36.5 Å². The Morgan fingerprint density at radius 1 is 1.15 bits per heavy atom. The normalized spacial score (nSPS) is 10.9. The molecule has 0 aliphatic heterocycles. The van der Waals surface area contributed by atoms with Gasteiger partial charge in [-0.1, -0.05) is 38.4 Å². The molecule has 0 saturated heterocycles. The van der Waals surface area contributed by atoms with Crippen LogP contribution >= 0.6 is 11.6 Å². The molecule has 0 fully saturated rings. The molecule has 0 amide bonds. The summed E-state index contributed by atoms with van der Waals surface area (Å²) in [4.78, 5) is 17.0. The predicted molar refractivity (Wildman–Crippen MR) is 126 cm³/mol. The van der Waals surface area contributed by atoms with Crippen LogP contribution < -0.4 is 10.1 Å². The average molecular weight is 475 g/mol. The molecule has 33 heavy (non-hydrogen) atoms. The molecule has 174 valence electrons. The minimum Gasteiger partial charge on any atom is -0.496 e. The highest BCUT2D eigenvalue weighted by Gasteiger charge is 2.28. The number of halogens is 3. The van der Waals surface area contributed by atoms with Crippen molar-refractivity contribution in [2.45, 2.75) is 33.1 Å². The van der Waals surface area contributed by atoms with Gasteiger partial charge in [0.25, 0.3) is 0 Å². The van der Waals surface area contributed by atoms with Crippen molar-refractivity contribution in [1.29, 1.82) is 0 Å². The van der Waals surface area contributed by atoms with E-state index < -0.39 is 17.6 Å². The van der Waals surface area contributed by atoms with Gasteiger partial charge >= 0.3 is 5.97 Å². The summed E-state index contributed by atoms with van der Waals surface area (Å²) < 4.78 is 41.1. The number of aryl methyl sites for hydroxylation is 1. The van der Waals surface area contributed by atoms with Gasteiger partial charge in [0.15, 0.2) is 5.82 Å². The van der Waals surface area contributed by atoms with Gasteiger partial charge in [-0.2, -0.15) is 0 Å². The van der Waals surface area contributed by atoms with Gasteiger partial charge in [-0.3, -0.25) is 4.98 Å². The molecule has 3 rings (SSSR count).